The van der Waals surface area contributed by atoms with Crippen LogP contribution in [-0.2, 0) is 9.53 Å². The summed E-state index contributed by atoms with van der Waals surface area (Å²) in [6.45, 7) is 2.63. The van der Waals surface area contributed by atoms with Gasteiger partial charge in [-0.1, -0.05) is 12.1 Å². The molecule has 0 spiro atoms. The van der Waals surface area contributed by atoms with E-state index >= 15 is 0 Å². The minimum Gasteiger partial charge on any atom is -0.497 e. The van der Waals surface area contributed by atoms with Crippen molar-refractivity contribution in [2.45, 2.75) is 37.9 Å². The number of carbonyl (C=O) groups is 1. The zero-order valence-corrected chi connectivity index (χ0v) is 20.3. The highest BCUT2D eigenvalue weighted by Gasteiger charge is 2.47. The molecular weight excluding hydrogens is 484 g/mol. The third kappa shape index (κ3) is 4.43. The van der Waals surface area contributed by atoms with Gasteiger partial charge in [0.05, 0.1) is 25.3 Å². The molecule has 1 fully saturated rings. The summed E-state index contributed by atoms with van der Waals surface area (Å²) in [6, 6.07) is 3.46. The molecule has 5 heterocycles. The van der Waals surface area contributed by atoms with Crippen molar-refractivity contribution < 1.29 is 24.5 Å². The van der Waals surface area contributed by atoms with Crippen molar-refractivity contribution in [3.63, 3.8) is 0 Å². The van der Waals surface area contributed by atoms with Crippen LogP contribution in [0.2, 0.25) is 0 Å². The van der Waals surface area contributed by atoms with Crippen LogP contribution in [0.4, 0.5) is 5.82 Å². The second kappa shape index (κ2) is 10.0. The van der Waals surface area contributed by atoms with Gasteiger partial charge >= 0.3 is 0 Å². The minimum absolute atomic E-state index is 0.172. The van der Waals surface area contributed by atoms with E-state index in [0.717, 1.165) is 6.42 Å². The molecular formula is C22H26N10O5. The molecule has 0 aromatic carbocycles. The van der Waals surface area contributed by atoms with Gasteiger partial charge in [0, 0.05) is 25.9 Å². The van der Waals surface area contributed by atoms with Crippen LogP contribution in [0.15, 0.2) is 30.9 Å². The number of carbonyl (C=O) groups excluding carboxylic acids is 1. The SMILES string of the molecule is CCCNc1nc(-n2cc(-c3cc(OC)ccn3)nn2)nc2c1ncn2[C@@H]1OC(C(=O)NC)[C@@H](O)[C@H]1O. The number of aliphatic hydroxyl groups excluding tert-OH is 2. The van der Waals surface area contributed by atoms with Crippen molar-refractivity contribution in [1.82, 2.24) is 44.8 Å². The van der Waals surface area contributed by atoms with Crippen molar-refractivity contribution in [2.24, 2.45) is 0 Å². The van der Waals surface area contributed by atoms with Crippen LogP contribution in [0.25, 0.3) is 28.5 Å². The van der Waals surface area contributed by atoms with E-state index in [9.17, 15) is 15.0 Å². The molecule has 1 amide bonds. The van der Waals surface area contributed by atoms with Gasteiger partial charge in [0.15, 0.2) is 29.3 Å². The van der Waals surface area contributed by atoms with Crippen LogP contribution in [0.3, 0.4) is 0 Å². The standard InChI is InChI=1S/C22H26N10O5/c1-4-6-25-18-14-19(31(10-26-14)21-16(34)15(33)17(37-21)20(35)23-2)28-22(27-18)32-9-13(29-30-32)12-8-11(36-3)5-7-24-12/h5,7-10,15-17,21,33-34H,4,6H2,1-3H3,(H,23,35)(H,25,27,28)/t15-,16+,17?,21+/m0/s1. The molecule has 4 aromatic rings. The van der Waals surface area contributed by atoms with E-state index in [1.54, 1.807) is 31.6 Å². The summed E-state index contributed by atoms with van der Waals surface area (Å²) in [5.74, 6) is 0.679. The highest BCUT2D eigenvalue weighted by molar-refractivity contribution is 5.84. The van der Waals surface area contributed by atoms with Gasteiger partial charge in [-0.15, -0.1) is 5.10 Å². The van der Waals surface area contributed by atoms with E-state index in [4.69, 9.17) is 9.47 Å². The van der Waals surface area contributed by atoms with Crippen LogP contribution < -0.4 is 15.4 Å². The molecule has 0 saturated carbocycles. The highest BCUT2D eigenvalue weighted by atomic mass is 16.6. The normalized spacial score (nSPS) is 21.3. The number of fused-ring (bicyclic) bond motifs is 1. The molecule has 1 saturated heterocycles. The Kier molecular flexibility index (Phi) is 6.64. The predicted octanol–water partition coefficient (Wildman–Crippen LogP) is -0.335. The first kappa shape index (κ1) is 24.5. The molecule has 194 valence electrons. The molecule has 15 nitrogen and oxygen atoms in total. The predicted molar refractivity (Wildman–Crippen MR) is 129 cm³/mol. The van der Waals surface area contributed by atoms with E-state index in [-0.39, 0.29) is 5.95 Å². The van der Waals surface area contributed by atoms with Crippen molar-refractivity contribution in [3.05, 3.63) is 30.9 Å². The summed E-state index contributed by atoms with van der Waals surface area (Å²) in [4.78, 5) is 30.0. The van der Waals surface area contributed by atoms with Crippen molar-refractivity contribution in [1.29, 1.82) is 0 Å². The maximum absolute atomic E-state index is 12.1. The Morgan fingerprint density at radius 3 is 2.81 bits per heavy atom. The summed E-state index contributed by atoms with van der Waals surface area (Å²) in [5, 5.41) is 35.1. The van der Waals surface area contributed by atoms with E-state index in [1.807, 2.05) is 6.92 Å². The van der Waals surface area contributed by atoms with E-state index < -0.39 is 30.4 Å². The Morgan fingerprint density at radius 1 is 1.22 bits per heavy atom. The number of nitrogens with zero attached hydrogens (tertiary/aromatic N) is 8. The van der Waals surface area contributed by atoms with Crippen LogP contribution >= 0.6 is 0 Å². The Bertz CT molecular complexity index is 1420. The maximum Gasteiger partial charge on any atom is 0.256 e. The number of aliphatic hydroxyl groups is 2. The second-order valence-electron chi connectivity index (χ2n) is 8.29. The van der Waals surface area contributed by atoms with Crippen LogP contribution in [0.5, 0.6) is 5.75 Å². The lowest BCUT2D eigenvalue weighted by molar-refractivity contribution is -0.137. The molecule has 0 bridgehead atoms. The van der Waals surface area contributed by atoms with Crippen molar-refractivity contribution >= 4 is 22.9 Å². The molecule has 15 heteroatoms. The lowest BCUT2D eigenvalue weighted by Crippen LogP contribution is -2.41. The summed E-state index contributed by atoms with van der Waals surface area (Å²) >= 11 is 0. The number of rotatable bonds is 8. The Labute approximate surface area is 210 Å². The molecule has 1 aliphatic heterocycles. The molecule has 0 radical (unpaired) electrons. The zero-order valence-electron chi connectivity index (χ0n) is 20.3. The number of imidazole rings is 1. The number of likely N-dealkylation sites (N-methyl/N-ethyl adjacent to an activating group) is 1. The quantitative estimate of drug-likeness (QED) is 0.242. The van der Waals surface area contributed by atoms with Crippen molar-refractivity contribution in [3.8, 4) is 23.1 Å². The number of hydrogen-bond donors (Lipinski definition) is 4. The minimum atomic E-state index is -1.44. The fourth-order valence-corrected chi connectivity index (χ4v) is 3.97. The van der Waals surface area contributed by atoms with Gasteiger partial charge in [-0.05, 0) is 12.5 Å². The fraction of sp³-hybridized carbons (Fsp3) is 0.409. The smallest absolute Gasteiger partial charge is 0.256 e. The zero-order chi connectivity index (χ0) is 26.1. The molecule has 1 aliphatic rings. The van der Waals surface area contributed by atoms with Gasteiger partial charge in [-0.3, -0.25) is 14.3 Å². The Hall–Kier alpha value is -4.21. The van der Waals surface area contributed by atoms with Crippen LogP contribution in [-0.4, -0.2) is 94.6 Å². The number of aromatic nitrogens is 8. The number of anilines is 1. The van der Waals surface area contributed by atoms with Gasteiger partial charge < -0.3 is 30.3 Å². The lowest BCUT2D eigenvalue weighted by Gasteiger charge is -2.17. The van der Waals surface area contributed by atoms with Gasteiger partial charge in [-0.2, -0.15) is 14.6 Å². The average Bonchev–Trinajstić information content (AvgIpc) is 3.65. The fourth-order valence-electron chi connectivity index (χ4n) is 3.97. The summed E-state index contributed by atoms with van der Waals surface area (Å²) in [6.07, 6.45) is 0.276. The third-order valence-electron chi connectivity index (χ3n) is 5.90. The molecule has 1 unspecified atom stereocenters. The molecule has 4 N–H and O–H groups in total. The van der Waals surface area contributed by atoms with Crippen LogP contribution in [0.1, 0.15) is 19.6 Å². The average molecular weight is 511 g/mol. The van der Waals surface area contributed by atoms with Crippen LogP contribution in [0, 0.1) is 0 Å². The second-order valence-corrected chi connectivity index (χ2v) is 8.29. The maximum atomic E-state index is 12.1. The molecule has 4 atom stereocenters. The topological polar surface area (TPSA) is 187 Å². The summed E-state index contributed by atoms with van der Waals surface area (Å²) < 4.78 is 13.8. The molecule has 4 aromatic heterocycles. The molecule has 5 rings (SSSR count). The van der Waals surface area contributed by atoms with Crippen molar-refractivity contribution in [2.75, 3.05) is 26.0 Å². The number of methoxy groups -OCH3 is 1. The lowest BCUT2D eigenvalue weighted by atomic mass is 10.1. The Balaban J connectivity index is 1.56. The van der Waals surface area contributed by atoms with Gasteiger partial charge in [-0.25, -0.2) is 4.98 Å². The third-order valence-corrected chi connectivity index (χ3v) is 5.90. The first-order valence-electron chi connectivity index (χ1n) is 11.6. The van der Waals surface area contributed by atoms with Gasteiger partial charge in [0.1, 0.15) is 23.7 Å². The molecule has 37 heavy (non-hydrogen) atoms. The first-order valence-corrected chi connectivity index (χ1v) is 11.6. The molecule has 0 aliphatic carbocycles. The monoisotopic (exact) mass is 510 g/mol. The van der Waals surface area contributed by atoms with E-state index in [1.165, 1.54) is 22.6 Å². The number of pyridine rings is 1. The highest BCUT2D eigenvalue weighted by Crippen LogP contribution is 2.33. The largest absolute Gasteiger partial charge is 0.497 e. The number of nitrogens with one attached hydrogen (secondary N) is 2. The number of ether oxygens (including phenoxy) is 2. The van der Waals surface area contributed by atoms with E-state index in [2.05, 4.69) is 40.9 Å². The number of hydrogen-bond acceptors (Lipinski definition) is 12. The summed E-state index contributed by atoms with van der Waals surface area (Å²) in [7, 11) is 2.98. The van der Waals surface area contributed by atoms with E-state index in [0.29, 0.717) is 40.7 Å². The Morgan fingerprint density at radius 2 is 2.05 bits per heavy atom. The summed E-state index contributed by atoms with van der Waals surface area (Å²) in [5.41, 5.74) is 1.75. The van der Waals surface area contributed by atoms with Gasteiger partial charge in [0.2, 0.25) is 0 Å². The number of amides is 1. The first-order chi connectivity index (χ1) is 17.9. The van der Waals surface area contributed by atoms with Gasteiger partial charge in [0.25, 0.3) is 11.9 Å².